The summed E-state index contributed by atoms with van der Waals surface area (Å²) in [5.74, 6) is -0.464. The first-order valence-electron chi connectivity index (χ1n) is 8.23. The van der Waals surface area contributed by atoms with E-state index in [1.54, 1.807) is 31.3 Å². The first-order valence-corrected chi connectivity index (χ1v) is 8.23. The number of carbonyl (C=O) groups is 1. The van der Waals surface area contributed by atoms with E-state index in [1.165, 1.54) is 15.5 Å². The standard InChI is InChI=1S/C18H19F3N2O3/c1-17(18(19,20)21)7-8-23(9-10-26-17)16(25)13-11-15(24)22(2)14-6-4-3-5-12(13)14/h3-6,11H,7-10H2,1-2H3. The second kappa shape index (κ2) is 6.42. The Bertz CT molecular complexity index is 907. The zero-order valence-corrected chi connectivity index (χ0v) is 14.5. The summed E-state index contributed by atoms with van der Waals surface area (Å²) in [7, 11) is 1.60. The molecule has 1 aliphatic heterocycles. The quantitative estimate of drug-likeness (QED) is 0.778. The van der Waals surface area contributed by atoms with Crippen LogP contribution in [0.5, 0.6) is 0 Å². The normalized spacial score (nSPS) is 21.7. The number of hydrogen-bond acceptors (Lipinski definition) is 3. The van der Waals surface area contributed by atoms with Gasteiger partial charge < -0.3 is 14.2 Å². The molecule has 8 heteroatoms. The molecular formula is C18H19F3N2O3. The van der Waals surface area contributed by atoms with Crippen molar-refractivity contribution < 1.29 is 22.7 Å². The number of benzene rings is 1. The van der Waals surface area contributed by atoms with Gasteiger partial charge in [0.15, 0.2) is 5.60 Å². The average Bonchev–Trinajstić information content (AvgIpc) is 2.80. The van der Waals surface area contributed by atoms with Crippen LogP contribution in [-0.4, -0.2) is 46.8 Å². The minimum absolute atomic E-state index is 0.0358. The first-order chi connectivity index (χ1) is 12.1. The Labute approximate surface area is 148 Å². The molecule has 26 heavy (non-hydrogen) atoms. The monoisotopic (exact) mass is 368 g/mol. The number of carbonyl (C=O) groups excluding carboxylic acids is 1. The highest BCUT2D eigenvalue weighted by Crippen LogP contribution is 2.37. The van der Waals surface area contributed by atoms with Gasteiger partial charge in [-0.3, -0.25) is 9.59 Å². The van der Waals surface area contributed by atoms with Crippen molar-refractivity contribution in [1.29, 1.82) is 0 Å². The molecule has 2 heterocycles. The Hall–Kier alpha value is -2.35. The van der Waals surface area contributed by atoms with Crippen LogP contribution in [-0.2, 0) is 11.8 Å². The maximum atomic E-state index is 13.2. The third-order valence-electron chi connectivity index (χ3n) is 4.91. The summed E-state index contributed by atoms with van der Waals surface area (Å²) in [6.07, 6.45) is -4.87. The largest absolute Gasteiger partial charge is 0.417 e. The van der Waals surface area contributed by atoms with E-state index < -0.39 is 17.7 Å². The van der Waals surface area contributed by atoms with Crippen molar-refractivity contribution in [3.05, 3.63) is 46.2 Å². The minimum atomic E-state index is -4.51. The van der Waals surface area contributed by atoms with E-state index >= 15 is 0 Å². The van der Waals surface area contributed by atoms with Crippen molar-refractivity contribution in [2.24, 2.45) is 7.05 Å². The molecule has 3 rings (SSSR count). The third-order valence-corrected chi connectivity index (χ3v) is 4.91. The minimum Gasteiger partial charge on any atom is -0.364 e. The molecule has 140 valence electrons. The Morgan fingerprint density at radius 1 is 1.23 bits per heavy atom. The molecular weight excluding hydrogens is 349 g/mol. The van der Waals surface area contributed by atoms with Gasteiger partial charge in [-0.15, -0.1) is 0 Å². The van der Waals surface area contributed by atoms with E-state index in [4.69, 9.17) is 4.74 Å². The van der Waals surface area contributed by atoms with Crippen LogP contribution in [0.25, 0.3) is 10.9 Å². The first kappa shape index (κ1) is 18.4. The molecule has 1 saturated heterocycles. The van der Waals surface area contributed by atoms with Crippen LogP contribution >= 0.6 is 0 Å². The van der Waals surface area contributed by atoms with Crippen LogP contribution in [0.3, 0.4) is 0 Å². The van der Waals surface area contributed by atoms with Crippen LogP contribution in [0.4, 0.5) is 13.2 Å². The fourth-order valence-corrected chi connectivity index (χ4v) is 3.10. The van der Waals surface area contributed by atoms with Gasteiger partial charge in [0.25, 0.3) is 11.5 Å². The SMILES string of the molecule is Cn1c(=O)cc(C(=O)N2CCOC(C)(C(F)(F)F)CC2)c2ccccc21. The molecule has 1 aromatic carbocycles. The lowest BCUT2D eigenvalue weighted by Gasteiger charge is -2.30. The van der Waals surface area contributed by atoms with Crippen LogP contribution in [0, 0.1) is 0 Å². The van der Waals surface area contributed by atoms with Crippen LogP contribution < -0.4 is 5.56 Å². The molecule has 1 aliphatic rings. The lowest BCUT2D eigenvalue weighted by atomic mass is 10.0. The fraction of sp³-hybridized carbons (Fsp3) is 0.444. The highest BCUT2D eigenvalue weighted by atomic mass is 19.4. The molecule has 2 aromatic rings. The van der Waals surface area contributed by atoms with Gasteiger partial charge in [-0.25, -0.2) is 0 Å². The summed E-state index contributed by atoms with van der Waals surface area (Å²) < 4.78 is 46.0. The molecule has 1 aromatic heterocycles. The zero-order chi connectivity index (χ0) is 19.1. The van der Waals surface area contributed by atoms with Crippen LogP contribution in [0.2, 0.25) is 0 Å². The highest BCUT2D eigenvalue weighted by molar-refractivity contribution is 6.06. The number of ether oxygens (including phenoxy) is 1. The van der Waals surface area contributed by atoms with Crippen LogP contribution in [0.15, 0.2) is 35.1 Å². The molecule has 0 radical (unpaired) electrons. The van der Waals surface area contributed by atoms with E-state index in [1.807, 2.05) is 0 Å². The van der Waals surface area contributed by atoms with Crippen molar-refractivity contribution in [3.63, 3.8) is 0 Å². The number of rotatable bonds is 1. The summed E-state index contributed by atoms with van der Waals surface area (Å²) in [5, 5.41) is 0.586. The number of fused-ring (bicyclic) bond motifs is 1. The fourth-order valence-electron chi connectivity index (χ4n) is 3.10. The molecule has 0 saturated carbocycles. The van der Waals surface area contributed by atoms with Crippen molar-refractivity contribution in [1.82, 2.24) is 9.47 Å². The summed E-state index contributed by atoms with van der Waals surface area (Å²) in [4.78, 5) is 26.4. The highest BCUT2D eigenvalue weighted by Gasteiger charge is 2.53. The number of para-hydroxylation sites is 1. The molecule has 0 bridgehead atoms. The third kappa shape index (κ3) is 3.09. The van der Waals surface area contributed by atoms with Crippen LogP contribution in [0.1, 0.15) is 23.7 Å². The predicted octanol–water partition coefficient (Wildman–Crippen LogP) is 2.72. The van der Waals surface area contributed by atoms with Gasteiger partial charge in [0.1, 0.15) is 0 Å². The van der Waals surface area contributed by atoms with Gasteiger partial charge in [0, 0.05) is 38.0 Å². The number of halogens is 3. The zero-order valence-electron chi connectivity index (χ0n) is 14.5. The summed E-state index contributed by atoms with van der Waals surface area (Å²) in [6, 6.07) is 8.18. The van der Waals surface area contributed by atoms with Crippen molar-refractivity contribution >= 4 is 16.8 Å². The van der Waals surface area contributed by atoms with Gasteiger partial charge in [-0.1, -0.05) is 18.2 Å². The van der Waals surface area contributed by atoms with Crippen molar-refractivity contribution in [3.8, 4) is 0 Å². The molecule has 1 amide bonds. The Morgan fingerprint density at radius 2 is 1.92 bits per heavy atom. The molecule has 5 nitrogen and oxygen atoms in total. The van der Waals surface area contributed by atoms with Gasteiger partial charge in [-0.05, 0) is 13.0 Å². The Morgan fingerprint density at radius 3 is 2.62 bits per heavy atom. The number of pyridine rings is 1. The number of alkyl halides is 3. The van der Waals surface area contributed by atoms with E-state index in [2.05, 4.69) is 0 Å². The smallest absolute Gasteiger partial charge is 0.364 e. The molecule has 1 unspecified atom stereocenters. The second-order valence-electron chi connectivity index (χ2n) is 6.59. The maximum Gasteiger partial charge on any atom is 0.417 e. The topological polar surface area (TPSA) is 51.5 Å². The average molecular weight is 368 g/mol. The summed E-state index contributed by atoms with van der Waals surface area (Å²) >= 11 is 0. The summed E-state index contributed by atoms with van der Waals surface area (Å²) in [6.45, 7) is 0.714. The Balaban J connectivity index is 1.95. The molecule has 0 N–H and O–H groups in total. The Kier molecular flexibility index (Phi) is 4.56. The summed E-state index contributed by atoms with van der Waals surface area (Å²) in [5.41, 5.74) is -1.84. The van der Waals surface area contributed by atoms with E-state index in [9.17, 15) is 22.8 Å². The van der Waals surface area contributed by atoms with Gasteiger partial charge >= 0.3 is 6.18 Å². The van der Waals surface area contributed by atoms with Crippen molar-refractivity contribution in [2.75, 3.05) is 19.7 Å². The van der Waals surface area contributed by atoms with E-state index in [0.29, 0.717) is 10.9 Å². The molecule has 0 spiro atoms. The van der Waals surface area contributed by atoms with Gasteiger partial charge in [0.2, 0.25) is 0 Å². The second-order valence-corrected chi connectivity index (χ2v) is 6.59. The lowest BCUT2D eigenvalue weighted by Crippen LogP contribution is -2.45. The predicted molar refractivity (Wildman–Crippen MR) is 90.1 cm³/mol. The van der Waals surface area contributed by atoms with Crippen molar-refractivity contribution in [2.45, 2.75) is 25.1 Å². The van der Waals surface area contributed by atoms with Gasteiger partial charge in [0.05, 0.1) is 17.7 Å². The number of aryl methyl sites for hydroxylation is 1. The number of nitrogens with zero attached hydrogens (tertiary/aromatic N) is 2. The number of hydrogen-bond donors (Lipinski definition) is 0. The van der Waals surface area contributed by atoms with E-state index in [0.717, 1.165) is 6.92 Å². The van der Waals surface area contributed by atoms with Gasteiger partial charge in [-0.2, -0.15) is 13.2 Å². The number of amides is 1. The number of aromatic nitrogens is 1. The molecule has 1 atom stereocenters. The molecule has 0 aliphatic carbocycles. The van der Waals surface area contributed by atoms with E-state index in [-0.39, 0.29) is 37.2 Å². The molecule has 1 fully saturated rings. The lowest BCUT2D eigenvalue weighted by molar-refractivity contribution is -0.269. The maximum absolute atomic E-state index is 13.2.